The van der Waals surface area contributed by atoms with Gasteiger partial charge in [-0.25, -0.2) is 8.42 Å². The van der Waals surface area contributed by atoms with E-state index < -0.39 is 10.0 Å². The number of benzene rings is 2. The summed E-state index contributed by atoms with van der Waals surface area (Å²) in [6, 6.07) is 16.0. The highest BCUT2D eigenvalue weighted by molar-refractivity contribution is 7.88. The van der Waals surface area contributed by atoms with Crippen LogP contribution in [-0.4, -0.2) is 59.9 Å². The number of nitrogens with one attached hydrogen (secondary N) is 1. The Hall–Kier alpha value is -2.37. The molecule has 0 bridgehead atoms. The van der Waals surface area contributed by atoms with Crippen LogP contribution in [0.2, 0.25) is 5.02 Å². The van der Waals surface area contributed by atoms with Gasteiger partial charge in [-0.3, -0.25) is 9.69 Å². The van der Waals surface area contributed by atoms with E-state index in [9.17, 15) is 13.2 Å². The van der Waals surface area contributed by atoms with Gasteiger partial charge in [0.2, 0.25) is 15.0 Å². The van der Waals surface area contributed by atoms with Crippen molar-refractivity contribution in [3.05, 3.63) is 75.2 Å². The average molecular weight is 492 g/mol. The first kappa shape index (κ1) is 22.8. The summed E-state index contributed by atoms with van der Waals surface area (Å²) in [6.45, 7) is 2.58. The number of anilines is 1. The van der Waals surface area contributed by atoms with Gasteiger partial charge in [0.1, 0.15) is 5.01 Å². The maximum atomic E-state index is 12.7. The first-order valence-electron chi connectivity index (χ1n) is 10.0. The first-order chi connectivity index (χ1) is 15.4. The summed E-state index contributed by atoms with van der Waals surface area (Å²) in [5.74, 6) is -0.316. The van der Waals surface area contributed by atoms with E-state index in [1.807, 2.05) is 30.3 Å². The Bertz CT molecular complexity index is 1160. The van der Waals surface area contributed by atoms with Crippen LogP contribution in [0.1, 0.15) is 20.4 Å². The summed E-state index contributed by atoms with van der Waals surface area (Å²) in [5.41, 5.74) is 1.41. The summed E-state index contributed by atoms with van der Waals surface area (Å²) in [4.78, 5) is 14.5. The predicted octanol–water partition coefficient (Wildman–Crippen LogP) is 3.09. The molecule has 168 valence electrons. The normalized spacial score (nSPS) is 15.5. The van der Waals surface area contributed by atoms with Crippen LogP contribution >= 0.6 is 22.9 Å². The van der Waals surface area contributed by atoms with E-state index in [2.05, 4.69) is 20.4 Å². The van der Waals surface area contributed by atoms with Crippen molar-refractivity contribution in [3.8, 4) is 0 Å². The smallest absolute Gasteiger partial charge is 0.286 e. The summed E-state index contributed by atoms with van der Waals surface area (Å²) < 4.78 is 26.9. The van der Waals surface area contributed by atoms with Gasteiger partial charge in [-0.15, -0.1) is 10.2 Å². The van der Waals surface area contributed by atoms with Gasteiger partial charge in [-0.2, -0.15) is 4.31 Å². The molecule has 1 fully saturated rings. The van der Waals surface area contributed by atoms with Gasteiger partial charge in [0, 0.05) is 36.9 Å². The molecule has 0 unspecified atom stereocenters. The fourth-order valence-corrected chi connectivity index (χ4v) is 5.78. The lowest BCUT2D eigenvalue weighted by Gasteiger charge is -2.33. The molecule has 1 aliphatic heterocycles. The monoisotopic (exact) mass is 491 g/mol. The Morgan fingerprint density at radius 1 is 1.00 bits per heavy atom. The Kier molecular flexibility index (Phi) is 7.17. The standard InChI is InChI=1S/C21H22ClN5O3S2/c22-17-6-8-18(9-7-17)23-20(28)21-25-24-19(31-21)14-26-10-12-27(13-11-26)32(29,30)15-16-4-2-1-3-5-16/h1-9H,10-15H2,(H,23,28). The fraction of sp³-hybridized carbons (Fsp3) is 0.286. The molecule has 1 aromatic heterocycles. The summed E-state index contributed by atoms with van der Waals surface area (Å²) >= 11 is 7.09. The third kappa shape index (κ3) is 5.90. The van der Waals surface area contributed by atoms with Crippen molar-refractivity contribution in [3.63, 3.8) is 0 Å². The maximum Gasteiger partial charge on any atom is 0.286 e. The Morgan fingerprint density at radius 3 is 2.38 bits per heavy atom. The number of halogens is 1. The number of piperazine rings is 1. The van der Waals surface area contributed by atoms with Gasteiger partial charge in [0.05, 0.1) is 12.3 Å². The third-order valence-electron chi connectivity index (χ3n) is 5.04. The van der Waals surface area contributed by atoms with E-state index in [-0.39, 0.29) is 16.7 Å². The lowest BCUT2D eigenvalue weighted by atomic mass is 10.2. The van der Waals surface area contributed by atoms with Crippen LogP contribution in [0.5, 0.6) is 0 Å². The minimum atomic E-state index is -3.35. The lowest BCUT2D eigenvalue weighted by Crippen LogP contribution is -2.48. The average Bonchev–Trinajstić information content (AvgIpc) is 3.25. The van der Waals surface area contributed by atoms with Crippen LogP contribution in [0.3, 0.4) is 0 Å². The molecule has 0 atom stereocenters. The Morgan fingerprint density at radius 2 is 1.69 bits per heavy atom. The molecule has 0 saturated carbocycles. The second-order valence-corrected chi connectivity index (χ2v) is 10.8. The van der Waals surface area contributed by atoms with Crippen molar-refractivity contribution in [1.29, 1.82) is 0 Å². The van der Waals surface area contributed by atoms with Gasteiger partial charge in [0.25, 0.3) is 5.91 Å². The van der Waals surface area contributed by atoms with Gasteiger partial charge in [-0.1, -0.05) is 53.3 Å². The number of aromatic nitrogens is 2. The van der Waals surface area contributed by atoms with Crippen LogP contribution in [0, 0.1) is 0 Å². The zero-order valence-electron chi connectivity index (χ0n) is 17.1. The molecule has 0 aliphatic carbocycles. The van der Waals surface area contributed by atoms with Crippen LogP contribution in [0.15, 0.2) is 54.6 Å². The molecule has 1 amide bonds. The van der Waals surface area contributed by atoms with E-state index in [1.165, 1.54) is 11.3 Å². The fourth-order valence-electron chi connectivity index (χ4n) is 3.36. The Labute approximate surface area is 195 Å². The summed E-state index contributed by atoms with van der Waals surface area (Å²) in [5, 5.41) is 12.5. The van der Waals surface area contributed by atoms with Crippen molar-refractivity contribution in [2.75, 3.05) is 31.5 Å². The first-order valence-corrected chi connectivity index (χ1v) is 12.8. The zero-order valence-corrected chi connectivity index (χ0v) is 19.5. The molecule has 32 heavy (non-hydrogen) atoms. The second kappa shape index (κ2) is 10.1. The minimum absolute atomic E-state index is 0.0102. The number of sulfonamides is 1. The van der Waals surface area contributed by atoms with Crippen LogP contribution in [0.25, 0.3) is 0 Å². The summed E-state index contributed by atoms with van der Waals surface area (Å²) in [7, 11) is -3.35. The largest absolute Gasteiger partial charge is 0.320 e. The molecule has 8 nitrogen and oxygen atoms in total. The van der Waals surface area contributed by atoms with Crippen molar-refractivity contribution < 1.29 is 13.2 Å². The van der Waals surface area contributed by atoms with E-state index in [1.54, 1.807) is 28.6 Å². The van der Waals surface area contributed by atoms with Crippen molar-refractivity contribution in [2.45, 2.75) is 12.3 Å². The van der Waals surface area contributed by atoms with E-state index >= 15 is 0 Å². The Balaban J connectivity index is 1.28. The third-order valence-corrected chi connectivity index (χ3v) is 8.05. The van der Waals surface area contributed by atoms with Gasteiger partial charge >= 0.3 is 0 Å². The topological polar surface area (TPSA) is 95.5 Å². The number of hydrogen-bond donors (Lipinski definition) is 1. The maximum absolute atomic E-state index is 12.7. The molecular weight excluding hydrogens is 470 g/mol. The molecule has 2 heterocycles. The van der Waals surface area contributed by atoms with Crippen molar-refractivity contribution >= 4 is 44.6 Å². The molecule has 0 spiro atoms. The number of nitrogens with zero attached hydrogens (tertiary/aromatic N) is 4. The predicted molar refractivity (Wildman–Crippen MR) is 125 cm³/mol. The van der Waals surface area contributed by atoms with Gasteiger partial charge < -0.3 is 5.32 Å². The number of carbonyl (C=O) groups excluding carboxylic acids is 1. The van der Waals surface area contributed by atoms with E-state index in [0.717, 1.165) is 5.56 Å². The van der Waals surface area contributed by atoms with Crippen LogP contribution in [0.4, 0.5) is 5.69 Å². The molecule has 11 heteroatoms. The van der Waals surface area contributed by atoms with E-state index in [0.29, 0.717) is 48.4 Å². The highest BCUT2D eigenvalue weighted by Crippen LogP contribution is 2.19. The van der Waals surface area contributed by atoms with Crippen LogP contribution in [-0.2, 0) is 22.3 Å². The molecule has 4 rings (SSSR count). The van der Waals surface area contributed by atoms with Crippen molar-refractivity contribution in [1.82, 2.24) is 19.4 Å². The molecule has 1 saturated heterocycles. The highest BCUT2D eigenvalue weighted by Gasteiger charge is 2.27. The molecule has 1 aliphatic rings. The van der Waals surface area contributed by atoms with E-state index in [4.69, 9.17) is 11.6 Å². The zero-order chi connectivity index (χ0) is 22.6. The summed E-state index contributed by atoms with van der Waals surface area (Å²) in [6.07, 6.45) is 0. The van der Waals surface area contributed by atoms with Gasteiger partial charge in [-0.05, 0) is 29.8 Å². The molecule has 0 radical (unpaired) electrons. The van der Waals surface area contributed by atoms with Crippen LogP contribution < -0.4 is 5.32 Å². The van der Waals surface area contributed by atoms with Gasteiger partial charge in [0.15, 0.2) is 0 Å². The lowest BCUT2D eigenvalue weighted by molar-refractivity contribution is 0.102. The van der Waals surface area contributed by atoms with Crippen molar-refractivity contribution in [2.24, 2.45) is 0 Å². The molecule has 2 aromatic carbocycles. The number of rotatable bonds is 7. The quantitative estimate of drug-likeness (QED) is 0.545. The number of hydrogen-bond acceptors (Lipinski definition) is 7. The minimum Gasteiger partial charge on any atom is -0.320 e. The SMILES string of the molecule is O=C(Nc1ccc(Cl)cc1)c1nnc(CN2CCN(S(=O)(=O)Cc3ccccc3)CC2)s1. The molecule has 3 aromatic rings. The highest BCUT2D eigenvalue weighted by atomic mass is 35.5. The second-order valence-electron chi connectivity index (χ2n) is 7.38. The number of amides is 1. The molecule has 1 N–H and O–H groups in total. The number of carbonyl (C=O) groups is 1. The molecular formula is C21H22ClN5O3S2.